The lowest BCUT2D eigenvalue weighted by Gasteiger charge is -2.16. The van der Waals surface area contributed by atoms with Crippen molar-refractivity contribution < 1.29 is 24.5 Å². The molecule has 0 saturated heterocycles. The molecule has 1 rings (SSSR count). The van der Waals surface area contributed by atoms with Crippen LogP contribution in [-0.4, -0.2) is 28.8 Å². The third-order valence-electron chi connectivity index (χ3n) is 3.43. The summed E-state index contributed by atoms with van der Waals surface area (Å²) in [6.07, 6.45) is 4.27. The molecule has 116 valence electrons. The number of carboxylic acid groups (broad SMARTS) is 2. The Kier molecular flexibility index (Phi) is 6.72. The lowest BCUT2D eigenvalue weighted by molar-refractivity contribution is 0.0696. The smallest absolute Gasteiger partial charge is 0.335 e. The second-order valence-electron chi connectivity index (χ2n) is 5.08. The van der Waals surface area contributed by atoms with E-state index < -0.39 is 11.9 Å². The average Bonchev–Trinajstić information content (AvgIpc) is 2.47. The molecular weight excluding hydrogens is 272 g/mol. The first-order chi connectivity index (χ1) is 9.97. The van der Waals surface area contributed by atoms with Gasteiger partial charge in [-0.15, -0.1) is 0 Å². The largest absolute Gasteiger partial charge is 0.493 e. The number of ether oxygens (including phenoxy) is 1. The summed E-state index contributed by atoms with van der Waals surface area (Å²) in [5, 5.41) is 18.0. The van der Waals surface area contributed by atoms with Crippen molar-refractivity contribution in [2.45, 2.75) is 39.5 Å². The second-order valence-corrected chi connectivity index (χ2v) is 5.08. The monoisotopic (exact) mass is 294 g/mol. The van der Waals surface area contributed by atoms with Gasteiger partial charge in [0.25, 0.3) is 0 Å². The van der Waals surface area contributed by atoms with Gasteiger partial charge in [0.2, 0.25) is 0 Å². The molecule has 1 aromatic carbocycles. The number of hydrogen-bond donors (Lipinski definition) is 2. The average molecular weight is 294 g/mol. The summed E-state index contributed by atoms with van der Waals surface area (Å²) in [5.74, 6) is -1.64. The predicted molar refractivity (Wildman–Crippen MR) is 79.2 cm³/mol. The number of rotatable bonds is 9. The van der Waals surface area contributed by atoms with Crippen molar-refractivity contribution in [1.82, 2.24) is 0 Å². The number of aromatic carboxylic acids is 2. The van der Waals surface area contributed by atoms with Crippen LogP contribution in [0.2, 0.25) is 0 Å². The van der Waals surface area contributed by atoms with Crippen molar-refractivity contribution in [3.05, 3.63) is 29.3 Å². The van der Waals surface area contributed by atoms with Gasteiger partial charge in [-0.05, 0) is 30.5 Å². The third kappa shape index (κ3) is 5.45. The number of carbonyl (C=O) groups is 2. The third-order valence-corrected chi connectivity index (χ3v) is 3.43. The van der Waals surface area contributed by atoms with E-state index in [2.05, 4.69) is 13.8 Å². The van der Waals surface area contributed by atoms with Crippen LogP contribution in [-0.2, 0) is 0 Å². The molecule has 0 aliphatic rings. The van der Waals surface area contributed by atoms with Crippen LogP contribution in [0, 0.1) is 5.92 Å². The first kappa shape index (κ1) is 17.0. The van der Waals surface area contributed by atoms with E-state index in [0.29, 0.717) is 18.3 Å². The maximum Gasteiger partial charge on any atom is 0.335 e. The van der Waals surface area contributed by atoms with Crippen LogP contribution in [0.5, 0.6) is 5.75 Å². The second kappa shape index (κ2) is 8.29. The molecule has 5 nitrogen and oxygen atoms in total. The molecule has 21 heavy (non-hydrogen) atoms. The summed E-state index contributed by atoms with van der Waals surface area (Å²) in [5.41, 5.74) is -0.155. The first-order valence-corrected chi connectivity index (χ1v) is 7.22. The van der Waals surface area contributed by atoms with Gasteiger partial charge in [-0.1, -0.05) is 33.1 Å². The highest BCUT2D eigenvalue weighted by atomic mass is 16.5. The van der Waals surface area contributed by atoms with E-state index in [-0.39, 0.29) is 11.1 Å². The minimum absolute atomic E-state index is 0.0773. The highest BCUT2D eigenvalue weighted by Crippen LogP contribution is 2.20. The fourth-order valence-electron chi connectivity index (χ4n) is 2.04. The maximum absolute atomic E-state index is 11.0. The summed E-state index contributed by atoms with van der Waals surface area (Å²) in [7, 11) is 0. The van der Waals surface area contributed by atoms with Gasteiger partial charge in [0, 0.05) is 0 Å². The molecule has 0 fully saturated rings. The zero-order valence-electron chi connectivity index (χ0n) is 12.5. The van der Waals surface area contributed by atoms with Gasteiger partial charge in [-0.2, -0.15) is 0 Å². The van der Waals surface area contributed by atoms with Gasteiger partial charge >= 0.3 is 11.9 Å². The van der Waals surface area contributed by atoms with Crippen molar-refractivity contribution in [3.8, 4) is 5.75 Å². The van der Waals surface area contributed by atoms with Gasteiger partial charge < -0.3 is 14.9 Å². The summed E-state index contributed by atoms with van der Waals surface area (Å²) >= 11 is 0. The van der Waals surface area contributed by atoms with Crippen LogP contribution < -0.4 is 4.74 Å². The van der Waals surface area contributed by atoms with Gasteiger partial charge in [0.15, 0.2) is 0 Å². The zero-order valence-corrected chi connectivity index (χ0v) is 12.5. The Morgan fingerprint density at radius 1 is 1.10 bits per heavy atom. The number of carboxylic acids is 2. The normalized spacial score (nSPS) is 11.9. The Labute approximate surface area is 124 Å². The van der Waals surface area contributed by atoms with E-state index in [1.54, 1.807) is 0 Å². The highest BCUT2D eigenvalue weighted by Gasteiger charge is 2.13. The minimum atomic E-state index is -1.17. The first-order valence-electron chi connectivity index (χ1n) is 7.22. The summed E-state index contributed by atoms with van der Waals surface area (Å²) < 4.78 is 5.61. The molecule has 0 spiro atoms. The fraction of sp³-hybridized carbons (Fsp3) is 0.500. The van der Waals surface area contributed by atoms with Crippen LogP contribution in [0.1, 0.15) is 60.2 Å². The van der Waals surface area contributed by atoms with Crippen molar-refractivity contribution in [1.29, 1.82) is 0 Å². The summed E-state index contributed by atoms with van der Waals surface area (Å²) in [6, 6.07) is 3.86. The Bertz CT molecular complexity index is 463. The highest BCUT2D eigenvalue weighted by molar-refractivity contribution is 5.94. The molecular formula is C16H22O5. The Morgan fingerprint density at radius 3 is 2.10 bits per heavy atom. The topological polar surface area (TPSA) is 83.8 Å². The summed E-state index contributed by atoms with van der Waals surface area (Å²) in [6.45, 7) is 4.68. The van der Waals surface area contributed by atoms with Crippen molar-refractivity contribution in [2.75, 3.05) is 6.61 Å². The molecule has 0 aliphatic heterocycles. The maximum atomic E-state index is 11.0. The molecule has 0 saturated carbocycles. The predicted octanol–water partition coefficient (Wildman–Crippen LogP) is 3.68. The van der Waals surface area contributed by atoms with Crippen LogP contribution in [0.15, 0.2) is 18.2 Å². The quantitative estimate of drug-likeness (QED) is 0.725. The van der Waals surface area contributed by atoms with Gasteiger partial charge in [0.1, 0.15) is 5.75 Å². The summed E-state index contributed by atoms with van der Waals surface area (Å²) in [4.78, 5) is 22.0. The molecule has 0 amide bonds. The Morgan fingerprint density at radius 2 is 1.67 bits per heavy atom. The standard InChI is InChI=1S/C16H22O5/c1-3-5-6-11(4-2)10-21-14-8-12(15(17)18)7-13(9-14)16(19)20/h7-9,11H,3-6,10H2,1-2H3,(H,17,18)(H,19,20)/t11-/m1/s1. The van der Waals surface area contributed by atoms with Crippen LogP contribution in [0.3, 0.4) is 0 Å². The fourth-order valence-corrected chi connectivity index (χ4v) is 2.04. The molecule has 0 radical (unpaired) electrons. The van der Waals surface area contributed by atoms with Gasteiger partial charge in [0.05, 0.1) is 17.7 Å². The molecule has 0 heterocycles. The number of hydrogen-bond acceptors (Lipinski definition) is 3. The molecule has 5 heteroatoms. The lowest BCUT2D eigenvalue weighted by Crippen LogP contribution is -2.12. The molecule has 0 unspecified atom stereocenters. The minimum Gasteiger partial charge on any atom is -0.493 e. The van der Waals surface area contributed by atoms with E-state index in [9.17, 15) is 9.59 Å². The lowest BCUT2D eigenvalue weighted by atomic mass is 10.0. The van der Waals surface area contributed by atoms with E-state index >= 15 is 0 Å². The van der Waals surface area contributed by atoms with E-state index in [1.165, 1.54) is 12.1 Å². The van der Waals surface area contributed by atoms with Crippen LogP contribution in [0.25, 0.3) is 0 Å². The van der Waals surface area contributed by atoms with E-state index in [1.807, 2.05) is 0 Å². The number of unbranched alkanes of at least 4 members (excludes halogenated alkanes) is 1. The van der Waals surface area contributed by atoms with Crippen LogP contribution in [0.4, 0.5) is 0 Å². The van der Waals surface area contributed by atoms with E-state index in [0.717, 1.165) is 31.7 Å². The molecule has 0 aliphatic carbocycles. The van der Waals surface area contributed by atoms with Crippen molar-refractivity contribution in [3.63, 3.8) is 0 Å². The van der Waals surface area contributed by atoms with Crippen LogP contribution >= 0.6 is 0 Å². The Hall–Kier alpha value is -2.04. The molecule has 0 aromatic heterocycles. The van der Waals surface area contributed by atoms with E-state index in [4.69, 9.17) is 14.9 Å². The zero-order chi connectivity index (χ0) is 15.8. The van der Waals surface area contributed by atoms with Crippen molar-refractivity contribution >= 4 is 11.9 Å². The molecule has 1 aromatic rings. The van der Waals surface area contributed by atoms with Gasteiger partial charge in [-0.25, -0.2) is 9.59 Å². The molecule has 0 bridgehead atoms. The molecule has 2 N–H and O–H groups in total. The van der Waals surface area contributed by atoms with Crippen molar-refractivity contribution in [2.24, 2.45) is 5.92 Å². The number of benzene rings is 1. The Balaban J connectivity index is 2.81. The van der Waals surface area contributed by atoms with Gasteiger partial charge in [-0.3, -0.25) is 0 Å². The SMILES string of the molecule is CCCC[C@@H](CC)COc1cc(C(=O)O)cc(C(=O)O)c1. The molecule has 1 atom stereocenters.